The maximum absolute atomic E-state index is 11.4. The molecule has 13 heavy (non-hydrogen) atoms. The molecule has 1 unspecified atom stereocenters. The van der Waals surface area contributed by atoms with Gasteiger partial charge in [-0.2, -0.15) is 0 Å². The third-order valence-corrected chi connectivity index (χ3v) is 2.20. The SMILES string of the molecule is C=C(Br)COC(=O)C1CC=CCC1. The summed E-state index contributed by atoms with van der Waals surface area (Å²) in [4.78, 5) is 11.4. The van der Waals surface area contributed by atoms with E-state index in [0.717, 1.165) is 19.3 Å². The highest BCUT2D eigenvalue weighted by Gasteiger charge is 2.19. The molecular formula is C10H13BrO2. The molecule has 2 nitrogen and oxygen atoms in total. The minimum Gasteiger partial charge on any atom is -0.460 e. The number of hydrogen-bond acceptors (Lipinski definition) is 2. The van der Waals surface area contributed by atoms with Crippen LogP contribution in [-0.4, -0.2) is 12.6 Å². The zero-order valence-corrected chi connectivity index (χ0v) is 9.05. The zero-order chi connectivity index (χ0) is 9.68. The topological polar surface area (TPSA) is 26.3 Å². The molecule has 0 fully saturated rings. The number of halogens is 1. The Bertz CT molecular complexity index is 233. The Morgan fingerprint density at radius 3 is 2.92 bits per heavy atom. The molecule has 0 spiro atoms. The average Bonchev–Trinajstić information content (AvgIpc) is 2.15. The van der Waals surface area contributed by atoms with E-state index in [4.69, 9.17) is 4.74 Å². The lowest BCUT2D eigenvalue weighted by Crippen LogP contribution is -2.19. The third kappa shape index (κ3) is 3.77. The lowest BCUT2D eigenvalue weighted by Gasteiger charge is -2.15. The summed E-state index contributed by atoms with van der Waals surface area (Å²) in [7, 11) is 0. The first-order chi connectivity index (χ1) is 6.20. The summed E-state index contributed by atoms with van der Waals surface area (Å²) in [6, 6.07) is 0. The Hall–Kier alpha value is -0.570. The monoisotopic (exact) mass is 244 g/mol. The van der Waals surface area contributed by atoms with Crippen LogP contribution in [0.1, 0.15) is 19.3 Å². The Morgan fingerprint density at radius 2 is 2.38 bits per heavy atom. The van der Waals surface area contributed by atoms with Gasteiger partial charge >= 0.3 is 5.97 Å². The second-order valence-corrected chi connectivity index (χ2v) is 4.23. The van der Waals surface area contributed by atoms with E-state index in [1.54, 1.807) is 0 Å². The molecule has 1 aliphatic rings. The predicted molar refractivity (Wildman–Crippen MR) is 55.5 cm³/mol. The van der Waals surface area contributed by atoms with Gasteiger partial charge in [-0.3, -0.25) is 4.79 Å². The summed E-state index contributed by atoms with van der Waals surface area (Å²) in [6.45, 7) is 3.87. The maximum atomic E-state index is 11.4. The average molecular weight is 245 g/mol. The van der Waals surface area contributed by atoms with Crippen molar-refractivity contribution in [3.05, 3.63) is 23.2 Å². The van der Waals surface area contributed by atoms with Crippen LogP contribution in [-0.2, 0) is 9.53 Å². The highest BCUT2D eigenvalue weighted by Crippen LogP contribution is 2.19. The van der Waals surface area contributed by atoms with Gasteiger partial charge in [0, 0.05) is 4.48 Å². The fourth-order valence-electron chi connectivity index (χ4n) is 1.27. The first kappa shape index (κ1) is 10.5. The third-order valence-electron chi connectivity index (χ3n) is 1.97. The first-order valence-electron chi connectivity index (χ1n) is 4.35. The summed E-state index contributed by atoms with van der Waals surface area (Å²) >= 11 is 3.14. The molecule has 0 heterocycles. The van der Waals surface area contributed by atoms with Gasteiger partial charge in [0.25, 0.3) is 0 Å². The lowest BCUT2D eigenvalue weighted by atomic mass is 9.95. The van der Waals surface area contributed by atoms with Crippen molar-refractivity contribution in [2.24, 2.45) is 5.92 Å². The summed E-state index contributed by atoms with van der Waals surface area (Å²) < 4.78 is 5.72. The van der Waals surface area contributed by atoms with Crippen LogP contribution in [0.25, 0.3) is 0 Å². The highest BCUT2D eigenvalue weighted by atomic mass is 79.9. The highest BCUT2D eigenvalue weighted by molar-refractivity contribution is 9.11. The molecule has 0 radical (unpaired) electrons. The number of carbonyl (C=O) groups is 1. The van der Waals surface area contributed by atoms with Crippen LogP contribution in [0.2, 0.25) is 0 Å². The van der Waals surface area contributed by atoms with Gasteiger partial charge in [0.05, 0.1) is 5.92 Å². The van der Waals surface area contributed by atoms with Gasteiger partial charge in [0.2, 0.25) is 0 Å². The van der Waals surface area contributed by atoms with E-state index in [9.17, 15) is 4.79 Å². The number of esters is 1. The van der Waals surface area contributed by atoms with Gasteiger partial charge in [-0.25, -0.2) is 0 Å². The molecule has 1 atom stereocenters. The number of carbonyl (C=O) groups excluding carboxylic acids is 1. The molecule has 0 aromatic rings. The molecule has 1 aliphatic carbocycles. The summed E-state index contributed by atoms with van der Waals surface area (Å²) in [5.74, 6) is -0.0539. The van der Waals surface area contributed by atoms with Crippen molar-refractivity contribution < 1.29 is 9.53 Å². The van der Waals surface area contributed by atoms with Crippen LogP contribution in [0, 0.1) is 5.92 Å². The summed E-state index contributed by atoms with van der Waals surface area (Å²) in [6.07, 6.45) is 6.85. The van der Waals surface area contributed by atoms with Gasteiger partial charge in [-0.05, 0) is 19.3 Å². The molecule has 0 saturated heterocycles. The van der Waals surface area contributed by atoms with Crippen molar-refractivity contribution in [3.63, 3.8) is 0 Å². The maximum Gasteiger partial charge on any atom is 0.309 e. The molecule has 0 bridgehead atoms. The number of ether oxygens (including phenoxy) is 1. The van der Waals surface area contributed by atoms with Crippen molar-refractivity contribution in [3.8, 4) is 0 Å². The molecule has 0 N–H and O–H groups in total. The van der Waals surface area contributed by atoms with E-state index in [0.29, 0.717) is 4.48 Å². The zero-order valence-electron chi connectivity index (χ0n) is 7.46. The van der Waals surface area contributed by atoms with Gasteiger partial charge in [0.15, 0.2) is 0 Å². The summed E-state index contributed by atoms with van der Waals surface area (Å²) in [5.41, 5.74) is 0. The molecule has 0 aromatic carbocycles. The van der Waals surface area contributed by atoms with E-state index in [1.165, 1.54) is 0 Å². The quantitative estimate of drug-likeness (QED) is 0.564. The summed E-state index contributed by atoms with van der Waals surface area (Å²) in [5, 5.41) is 0. The van der Waals surface area contributed by atoms with Crippen LogP contribution >= 0.6 is 15.9 Å². The van der Waals surface area contributed by atoms with Crippen molar-refractivity contribution in [1.29, 1.82) is 0 Å². The molecule has 1 rings (SSSR count). The molecule has 0 amide bonds. The van der Waals surface area contributed by atoms with Crippen LogP contribution in [0.3, 0.4) is 0 Å². The van der Waals surface area contributed by atoms with Crippen molar-refractivity contribution in [1.82, 2.24) is 0 Å². The Labute approximate surface area is 86.8 Å². The van der Waals surface area contributed by atoms with Gasteiger partial charge < -0.3 is 4.74 Å². The molecule has 0 aromatic heterocycles. The normalized spacial score (nSPS) is 21.2. The van der Waals surface area contributed by atoms with Crippen molar-refractivity contribution in [2.75, 3.05) is 6.61 Å². The van der Waals surface area contributed by atoms with Gasteiger partial charge in [0.1, 0.15) is 6.61 Å². The second-order valence-electron chi connectivity index (χ2n) is 3.11. The standard InChI is InChI=1S/C10H13BrO2/c1-8(11)7-13-10(12)9-5-3-2-4-6-9/h2-3,9H,1,4-7H2. The molecule has 72 valence electrons. The van der Waals surface area contributed by atoms with E-state index in [1.807, 2.05) is 6.08 Å². The number of hydrogen-bond donors (Lipinski definition) is 0. The second kappa shape index (κ2) is 5.22. The van der Waals surface area contributed by atoms with Gasteiger partial charge in [-0.1, -0.05) is 34.7 Å². The van der Waals surface area contributed by atoms with Crippen LogP contribution in [0.5, 0.6) is 0 Å². The minimum absolute atomic E-state index is 0.0526. The van der Waals surface area contributed by atoms with E-state index >= 15 is 0 Å². The van der Waals surface area contributed by atoms with Gasteiger partial charge in [-0.15, -0.1) is 0 Å². The molecular weight excluding hydrogens is 232 g/mol. The van der Waals surface area contributed by atoms with Crippen molar-refractivity contribution in [2.45, 2.75) is 19.3 Å². The largest absolute Gasteiger partial charge is 0.460 e. The van der Waals surface area contributed by atoms with Crippen LogP contribution in [0.4, 0.5) is 0 Å². The molecule has 0 aliphatic heterocycles. The fourth-order valence-corrected chi connectivity index (χ4v) is 1.39. The predicted octanol–water partition coefficient (Wildman–Crippen LogP) is 2.79. The number of rotatable bonds is 3. The van der Waals surface area contributed by atoms with E-state index in [-0.39, 0.29) is 18.5 Å². The van der Waals surface area contributed by atoms with E-state index < -0.39 is 0 Å². The molecule has 0 saturated carbocycles. The Morgan fingerprint density at radius 1 is 1.62 bits per heavy atom. The van der Waals surface area contributed by atoms with Crippen molar-refractivity contribution >= 4 is 21.9 Å². The Balaban J connectivity index is 2.30. The minimum atomic E-state index is -0.107. The van der Waals surface area contributed by atoms with E-state index in [2.05, 4.69) is 28.6 Å². The Kier molecular flexibility index (Phi) is 4.22. The fraction of sp³-hybridized carbons (Fsp3) is 0.500. The first-order valence-corrected chi connectivity index (χ1v) is 5.14. The van der Waals surface area contributed by atoms with Crippen LogP contribution < -0.4 is 0 Å². The lowest BCUT2D eigenvalue weighted by molar-refractivity contribution is -0.147. The molecule has 3 heteroatoms. The van der Waals surface area contributed by atoms with Crippen LogP contribution in [0.15, 0.2) is 23.2 Å². The number of allylic oxidation sites excluding steroid dienone is 2. The smallest absolute Gasteiger partial charge is 0.309 e.